The predicted molar refractivity (Wildman–Crippen MR) is 88.1 cm³/mol. The third-order valence-corrected chi connectivity index (χ3v) is 3.62. The molecule has 0 spiro atoms. The molecule has 0 unspecified atom stereocenters. The predicted octanol–water partition coefficient (Wildman–Crippen LogP) is 0.122. The normalized spacial score (nSPS) is 13.2. The summed E-state index contributed by atoms with van der Waals surface area (Å²) in [5.41, 5.74) is -0.615. The minimum absolute atomic E-state index is 0.0449. The Balaban J connectivity index is 2.11. The molecule has 1 N–H and O–H groups in total. The summed E-state index contributed by atoms with van der Waals surface area (Å²) in [7, 11) is 1.16. The summed E-state index contributed by atoms with van der Waals surface area (Å²) in [5.74, 6) is -4.71. The fraction of sp³-hybridized carbons (Fsp3) is 0.294. The van der Waals surface area contributed by atoms with E-state index in [2.05, 4.69) is 0 Å². The minimum Gasteiger partial charge on any atom is -0.508 e. The van der Waals surface area contributed by atoms with Crippen LogP contribution < -0.4 is 0 Å². The van der Waals surface area contributed by atoms with Gasteiger partial charge in [0.1, 0.15) is 12.0 Å². The van der Waals surface area contributed by atoms with Crippen molar-refractivity contribution in [1.29, 1.82) is 0 Å². The summed E-state index contributed by atoms with van der Waals surface area (Å²) in [4.78, 5) is 78.7. The second kappa shape index (κ2) is 8.75. The third-order valence-electron chi connectivity index (χ3n) is 3.62. The molecule has 11 heteroatoms. The zero-order valence-electron chi connectivity index (χ0n) is 14.7. The van der Waals surface area contributed by atoms with E-state index in [-0.39, 0.29) is 36.8 Å². The molecule has 1 saturated heterocycles. The topological polar surface area (TPSA) is 148 Å². The highest BCUT2D eigenvalue weighted by Gasteiger charge is 2.33. The zero-order valence-corrected chi connectivity index (χ0v) is 14.7. The van der Waals surface area contributed by atoms with Gasteiger partial charge in [0.25, 0.3) is 17.7 Å². The third kappa shape index (κ3) is 4.90. The van der Waals surface area contributed by atoms with E-state index >= 15 is 0 Å². The largest absolute Gasteiger partial charge is 0.508 e. The number of amides is 3. The summed E-state index contributed by atoms with van der Waals surface area (Å²) in [6.07, 6.45) is 0.151. The van der Waals surface area contributed by atoms with Crippen LogP contribution in [0.4, 0.5) is 0 Å². The first-order valence-electron chi connectivity index (χ1n) is 8.07. The first-order chi connectivity index (χ1) is 13.2. The average Bonchev–Trinajstić information content (AvgIpc) is 2.97. The van der Waals surface area contributed by atoms with Gasteiger partial charge in [-0.1, -0.05) is 0 Å². The number of carbonyl (C=O) groups excluding carboxylic acids is 6. The number of aromatic hydroxyl groups is 1. The lowest BCUT2D eigenvalue weighted by atomic mass is 10.1. The Labute approximate surface area is 158 Å². The number of aldehydes is 1. The SMILES string of the molecule is CN(OC(=O)c1cc(O)cc(C(=O)ON2C(=O)CCC2=O)c1)C(=O)CCC=O. The second-order valence-electron chi connectivity index (χ2n) is 5.70. The van der Waals surface area contributed by atoms with E-state index in [9.17, 15) is 33.9 Å². The first-order valence-corrected chi connectivity index (χ1v) is 8.07. The van der Waals surface area contributed by atoms with Crippen LogP contribution in [0.1, 0.15) is 46.4 Å². The standard InChI is InChI=1S/C17H16N2O9/c1-18(13(22)3-2-6-20)27-16(25)10-7-11(9-12(21)8-10)17(26)28-19-14(23)4-5-15(19)24/h6-9,21H,2-5H2,1H3. The molecule has 1 heterocycles. The molecule has 0 aromatic heterocycles. The highest BCUT2D eigenvalue weighted by molar-refractivity contribution is 6.03. The maximum atomic E-state index is 12.1. The van der Waals surface area contributed by atoms with Gasteiger partial charge in [-0.15, -0.1) is 5.06 Å². The molecular formula is C17H16N2O9. The van der Waals surface area contributed by atoms with E-state index < -0.39 is 35.4 Å². The van der Waals surface area contributed by atoms with Gasteiger partial charge in [0.2, 0.25) is 0 Å². The molecule has 1 aliphatic heterocycles. The van der Waals surface area contributed by atoms with Crippen molar-refractivity contribution in [3.8, 4) is 5.75 Å². The Morgan fingerprint density at radius 2 is 1.68 bits per heavy atom. The van der Waals surface area contributed by atoms with E-state index in [4.69, 9.17) is 9.68 Å². The zero-order chi connectivity index (χ0) is 20.8. The van der Waals surface area contributed by atoms with Crippen molar-refractivity contribution in [3.05, 3.63) is 29.3 Å². The van der Waals surface area contributed by atoms with Gasteiger partial charge in [-0.25, -0.2) is 9.59 Å². The fourth-order valence-corrected chi connectivity index (χ4v) is 2.21. The van der Waals surface area contributed by atoms with E-state index in [1.54, 1.807) is 0 Å². The van der Waals surface area contributed by atoms with Gasteiger partial charge in [0, 0.05) is 32.7 Å². The van der Waals surface area contributed by atoms with Gasteiger partial charge in [-0.05, 0) is 18.2 Å². The number of phenols is 1. The minimum atomic E-state index is -1.15. The van der Waals surface area contributed by atoms with E-state index in [1.807, 2.05) is 0 Å². The molecule has 0 aliphatic carbocycles. The van der Waals surface area contributed by atoms with Crippen LogP contribution >= 0.6 is 0 Å². The number of rotatable bonds is 6. The van der Waals surface area contributed by atoms with Crippen LogP contribution in [0.2, 0.25) is 0 Å². The lowest BCUT2D eigenvalue weighted by Gasteiger charge is -2.16. The van der Waals surface area contributed by atoms with Crippen molar-refractivity contribution in [2.75, 3.05) is 7.05 Å². The molecule has 1 aromatic carbocycles. The smallest absolute Gasteiger partial charge is 0.364 e. The Morgan fingerprint density at radius 1 is 1.11 bits per heavy atom. The van der Waals surface area contributed by atoms with Crippen molar-refractivity contribution in [2.45, 2.75) is 25.7 Å². The van der Waals surface area contributed by atoms with Crippen LogP contribution in [-0.2, 0) is 28.9 Å². The maximum absolute atomic E-state index is 12.1. The van der Waals surface area contributed by atoms with Gasteiger partial charge >= 0.3 is 11.9 Å². The molecule has 1 aromatic rings. The van der Waals surface area contributed by atoms with Crippen molar-refractivity contribution < 1.29 is 43.5 Å². The number of nitrogens with zero attached hydrogens (tertiary/aromatic N) is 2. The molecule has 0 saturated carbocycles. The molecule has 0 atom stereocenters. The lowest BCUT2D eigenvalue weighted by molar-refractivity contribution is -0.172. The average molecular weight is 392 g/mol. The lowest BCUT2D eigenvalue weighted by Crippen LogP contribution is -2.32. The number of carbonyl (C=O) groups is 6. The number of hydroxylamine groups is 4. The van der Waals surface area contributed by atoms with Crippen LogP contribution in [0.25, 0.3) is 0 Å². The summed E-state index contributed by atoms with van der Waals surface area (Å²) in [6, 6.07) is 2.94. The van der Waals surface area contributed by atoms with E-state index in [0.717, 1.165) is 25.2 Å². The number of imide groups is 1. The van der Waals surface area contributed by atoms with Crippen LogP contribution in [-0.4, -0.2) is 58.2 Å². The number of hydrogen-bond acceptors (Lipinski definition) is 9. The number of phenolic OH excluding ortho intramolecular Hbond substituents is 1. The monoisotopic (exact) mass is 392 g/mol. The summed E-state index contributed by atoms with van der Waals surface area (Å²) in [6.45, 7) is 0. The fourth-order valence-electron chi connectivity index (χ4n) is 2.21. The quantitative estimate of drug-likeness (QED) is 0.405. The molecule has 1 aliphatic rings. The Kier molecular flexibility index (Phi) is 6.42. The molecule has 2 rings (SSSR count). The number of benzene rings is 1. The van der Waals surface area contributed by atoms with Crippen LogP contribution in [0.5, 0.6) is 5.75 Å². The molecular weight excluding hydrogens is 376 g/mol. The highest BCUT2D eigenvalue weighted by Crippen LogP contribution is 2.20. The highest BCUT2D eigenvalue weighted by atomic mass is 16.7. The Morgan fingerprint density at radius 3 is 2.25 bits per heavy atom. The maximum Gasteiger partial charge on any atom is 0.364 e. The molecule has 0 bridgehead atoms. The van der Waals surface area contributed by atoms with Gasteiger partial charge in [-0.3, -0.25) is 14.4 Å². The molecule has 11 nitrogen and oxygen atoms in total. The van der Waals surface area contributed by atoms with Gasteiger partial charge < -0.3 is 19.6 Å². The van der Waals surface area contributed by atoms with Crippen LogP contribution in [0.3, 0.4) is 0 Å². The van der Waals surface area contributed by atoms with Gasteiger partial charge in [-0.2, -0.15) is 5.06 Å². The van der Waals surface area contributed by atoms with Crippen molar-refractivity contribution in [2.24, 2.45) is 0 Å². The Hall–Kier alpha value is -3.76. The van der Waals surface area contributed by atoms with Crippen molar-refractivity contribution in [1.82, 2.24) is 10.1 Å². The van der Waals surface area contributed by atoms with E-state index in [0.29, 0.717) is 16.4 Å². The molecule has 148 valence electrons. The molecule has 0 radical (unpaired) electrons. The van der Waals surface area contributed by atoms with Crippen molar-refractivity contribution >= 4 is 35.9 Å². The number of hydrogen-bond donors (Lipinski definition) is 1. The summed E-state index contributed by atoms with van der Waals surface area (Å²) < 4.78 is 0. The molecule has 3 amide bonds. The summed E-state index contributed by atoms with van der Waals surface area (Å²) >= 11 is 0. The van der Waals surface area contributed by atoms with Crippen LogP contribution in [0, 0.1) is 0 Å². The van der Waals surface area contributed by atoms with Gasteiger partial charge in [0.05, 0.1) is 11.1 Å². The van der Waals surface area contributed by atoms with E-state index in [1.165, 1.54) is 0 Å². The Bertz CT molecular complexity index is 833. The van der Waals surface area contributed by atoms with Crippen molar-refractivity contribution in [3.63, 3.8) is 0 Å². The van der Waals surface area contributed by atoms with Gasteiger partial charge in [0.15, 0.2) is 0 Å². The molecule has 28 heavy (non-hydrogen) atoms. The molecule has 1 fully saturated rings. The second-order valence-corrected chi connectivity index (χ2v) is 5.70. The summed E-state index contributed by atoms with van der Waals surface area (Å²) in [5, 5.41) is 10.7. The first kappa shape index (κ1) is 20.6. The van der Waals surface area contributed by atoms with Crippen LogP contribution in [0.15, 0.2) is 18.2 Å².